The molecule has 1 aliphatic carbocycles. The highest BCUT2D eigenvalue weighted by atomic mass is 16.2. The van der Waals surface area contributed by atoms with Gasteiger partial charge in [-0.15, -0.1) is 5.10 Å². The molecule has 0 saturated heterocycles. The van der Waals surface area contributed by atoms with Gasteiger partial charge >= 0.3 is 0 Å². The Morgan fingerprint density at radius 1 is 1.00 bits per heavy atom. The number of aromatic nitrogens is 3. The Labute approximate surface area is 146 Å². The van der Waals surface area contributed by atoms with Crippen molar-refractivity contribution in [2.75, 3.05) is 5.32 Å². The number of amides is 1. The number of aryl methyl sites for hydroxylation is 2. The summed E-state index contributed by atoms with van der Waals surface area (Å²) in [7, 11) is 0. The summed E-state index contributed by atoms with van der Waals surface area (Å²) in [5.74, 6) is -0.210. The number of anilines is 1. The molecule has 25 heavy (non-hydrogen) atoms. The second-order valence-corrected chi connectivity index (χ2v) is 6.36. The maximum atomic E-state index is 12.7. The van der Waals surface area contributed by atoms with E-state index in [0.717, 1.165) is 24.2 Å². The highest BCUT2D eigenvalue weighted by Gasteiger charge is 2.19. The zero-order chi connectivity index (χ0) is 17.2. The van der Waals surface area contributed by atoms with Gasteiger partial charge in [0.1, 0.15) is 0 Å². The van der Waals surface area contributed by atoms with Gasteiger partial charge in [-0.25, -0.2) is 0 Å². The fraction of sp³-hybridized carbons (Fsp3) is 0.250. The molecule has 1 N–H and O–H groups in total. The highest BCUT2D eigenvalue weighted by molar-refractivity contribution is 6.04. The molecule has 0 unspecified atom stereocenters. The summed E-state index contributed by atoms with van der Waals surface area (Å²) in [6, 6.07) is 15.7. The maximum Gasteiger partial charge on any atom is 0.278 e. The van der Waals surface area contributed by atoms with Crippen LogP contribution >= 0.6 is 0 Å². The van der Waals surface area contributed by atoms with Gasteiger partial charge in [0, 0.05) is 5.69 Å². The quantitative estimate of drug-likeness (QED) is 0.795. The third kappa shape index (κ3) is 3.05. The third-order valence-corrected chi connectivity index (χ3v) is 4.63. The first-order chi connectivity index (χ1) is 12.2. The second kappa shape index (κ2) is 6.51. The minimum atomic E-state index is -0.210. The molecule has 0 fully saturated rings. The SMILES string of the molecule is Cc1nn(-c2ccccc2)nc1C(=O)Nc1cccc2c1CCCC2. The first kappa shape index (κ1) is 15.6. The van der Waals surface area contributed by atoms with Crippen molar-refractivity contribution < 1.29 is 4.79 Å². The van der Waals surface area contributed by atoms with Crippen LogP contribution in [0.15, 0.2) is 48.5 Å². The molecule has 0 radical (unpaired) electrons. The lowest BCUT2D eigenvalue weighted by molar-refractivity contribution is 0.102. The molecule has 0 spiro atoms. The standard InChI is InChI=1S/C20H20N4O/c1-14-19(23-24(22-14)16-10-3-2-4-11-16)20(25)21-18-13-7-9-15-8-5-6-12-17(15)18/h2-4,7,9-11,13H,5-6,8,12H2,1H3,(H,21,25). The monoisotopic (exact) mass is 332 g/mol. The molecule has 3 aromatic rings. The molecule has 1 aromatic heterocycles. The van der Waals surface area contributed by atoms with E-state index in [2.05, 4.69) is 21.6 Å². The zero-order valence-electron chi connectivity index (χ0n) is 14.2. The van der Waals surface area contributed by atoms with Crippen molar-refractivity contribution >= 4 is 11.6 Å². The summed E-state index contributed by atoms with van der Waals surface area (Å²) in [5, 5.41) is 11.8. The molecule has 2 aromatic carbocycles. The topological polar surface area (TPSA) is 59.8 Å². The van der Waals surface area contributed by atoms with Crippen LogP contribution in [0.4, 0.5) is 5.69 Å². The molecular weight excluding hydrogens is 312 g/mol. The number of para-hydroxylation sites is 1. The van der Waals surface area contributed by atoms with Crippen molar-refractivity contribution in [3.8, 4) is 5.69 Å². The predicted octanol–water partition coefficient (Wildman–Crippen LogP) is 3.71. The number of benzene rings is 2. The molecule has 0 aliphatic heterocycles. The third-order valence-electron chi connectivity index (χ3n) is 4.63. The summed E-state index contributed by atoms with van der Waals surface area (Å²) in [6.07, 6.45) is 4.49. The van der Waals surface area contributed by atoms with Gasteiger partial charge in [-0.2, -0.15) is 9.90 Å². The van der Waals surface area contributed by atoms with Crippen LogP contribution < -0.4 is 5.32 Å². The smallest absolute Gasteiger partial charge is 0.278 e. The molecule has 0 atom stereocenters. The van der Waals surface area contributed by atoms with E-state index in [1.807, 2.05) is 49.4 Å². The van der Waals surface area contributed by atoms with Crippen LogP contribution in [0.25, 0.3) is 5.69 Å². The van der Waals surface area contributed by atoms with E-state index in [4.69, 9.17) is 0 Å². The van der Waals surface area contributed by atoms with Crippen LogP contribution in [-0.4, -0.2) is 20.9 Å². The largest absolute Gasteiger partial charge is 0.320 e. The molecule has 1 heterocycles. The Morgan fingerprint density at radius 3 is 2.64 bits per heavy atom. The lowest BCUT2D eigenvalue weighted by Gasteiger charge is -2.19. The maximum absolute atomic E-state index is 12.7. The summed E-state index contributed by atoms with van der Waals surface area (Å²) < 4.78 is 0. The fourth-order valence-corrected chi connectivity index (χ4v) is 3.35. The number of fused-ring (bicyclic) bond motifs is 1. The van der Waals surface area contributed by atoms with Crippen molar-refractivity contribution in [2.24, 2.45) is 0 Å². The van der Waals surface area contributed by atoms with Crippen LogP contribution in [0.3, 0.4) is 0 Å². The predicted molar refractivity (Wildman–Crippen MR) is 97.1 cm³/mol. The van der Waals surface area contributed by atoms with Crippen LogP contribution in [0.2, 0.25) is 0 Å². The van der Waals surface area contributed by atoms with Gasteiger partial charge in [0.15, 0.2) is 5.69 Å². The van der Waals surface area contributed by atoms with Gasteiger partial charge in [0.2, 0.25) is 0 Å². The number of nitrogens with zero attached hydrogens (tertiary/aromatic N) is 3. The highest BCUT2D eigenvalue weighted by Crippen LogP contribution is 2.28. The van der Waals surface area contributed by atoms with Crippen molar-refractivity contribution in [3.05, 3.63) is 71.0 Å². The van der Waals surface area contributed by atoms with E-state index >= 15 is 0 Å². The van der Waals surface area contributed by atoms with E-state index in [0.29, 0.717) is 11.4 Å². The Kier molecular flexibility index (Phi) is 4.06. The van der Waals surface area contributed by atoms with Gasteiger partial charge in [-0.3, -0.25) is 4.79 Å². The molecule has 5 heteroatoms. The lowest BCUT2D eigenvalue weighted by atomic mass is 9.90. The van der Waals surface area contributed by atoms with Gasteiger partial charge in [0.05, 0.1) is 11.4 Å². The molecule has 5 nitrogen and oxygen atoms in total. The Bertz CT molecular complexity index is 915. The van der Waals surface area contributed by atoms with E-state index < -0.39 is 0 Å². The summed E-state index contributed by atoms with van der Waals surface area (Å²) in [6.45, 7) is 1.81. The van der Waals surface area contributed by atoms with Crippen molar-refractivity contribution in [1.29, 1.82) is 0 Å². The lowest BCUT2D eigenvalue weighted by Crippen LogP contribution is -2.17. The number of rotatable bonds is 3. The van der Waals surface area contributed by atoms with Crippen LogP contribution in [-0.2, 0) is 12.8 Å². The van der Waals surface area contributed by atoms with E-state index in [1.54, 1.807) is 0 Å². The number of hydrogen-bond donors (Lipinski definition) is 1. The van der Waals surface area contributed by atoms with Crippen LogP contribution in [0, 0.1) is 6.92 Å². The Balaban J connectivity index is 1.61. The summed E-state index contributed by atoms with van der Waals surface area (Å²) >= 11 is 0. The van der Waals surface area contributed by atoms with Crippen molar-refractivity contribution in [1.82, 2.24) is 15.0 Å². The molecule has 0 bridgehead atoms. The molecule has 126 valence electrons. The second-order valence-electron chi connectivity index (χ2n) is 6.36. The Morgan fingerprint density at radius 2 is 1.80 bits per heavy atom. The van der Waals surface area contributed by atoms with Gasteiger partial charge in [0.25, 0.3) is 5.91 Å². The summed E-state index contributed by atoms with van der Waals surface area (Å²) in [5.41, 5.74) is 5.31. The van der Waals surface area contributed by atoms with Gasteiger partial charge in [-0.05, 0) is 61.9 Å². The van der Waals surface area contributed by atoms with Gasteiger partial charge < -0.3 is 5.32 Å². The van der Waals surface area contributed by atoms with Crippen molar-refractivity contribution in [2.45, 2.75) is 32.6 Å². The molecular formula is C20H20N4O. The number of carbonyl (C=O) groups is 1. The average molecular weight is 332 g/mol. The Hall–Kier alpha value is -2.95. The normalized spacial score (nSPS) is 13.3. The molecule has 1 aliphatic rings. The fourth-order valence-electron chi connectivity index (χ4n) is 3.35. The number of nitrogens with one attached hydrogen (secondary N) is 1. The first-order valence-corrected chi connectivity index (χ1v) is 8.64. The summed E-state index contributed by atoms with van der Waals surface area (Å²) in [4.78, 5) is 14.2. The van der Waals surface area contributed by atoms with E-state index in [-0.39, 0.29) is 5.91 Å². The van der Waals surface area contributed by atoms with Crippen LogP contribution in [0.1, 0.15) is 40.2 Å². The van der Waals surface area contributed by atoms with Crippen LogP contribution in [0.5, 0.6) is 0 Å². The zero-order valence-corrected chi connectivity index (χ0v) is 14.2. The molecule has 1 amide bonds. The van der Waals surface area contributed by atoms with Crippen molar-refractivity contribution in [3.63, 3.8) is 0 Å². The number of hydrogen-bond acceptors (Lipinski definition) is 3. The minimum Gasteiger partial charge on any atom is -0.320 e. The van der Waals surface area contributed by atoms with Gasteiger partial charge in [-0.1, -0.05) is 30.3 Å². The minimum absolute atomic E-state index is 0.210. The molecule has 4 rings (SSSR count). The first-order valence-electron chi connectivity index (χ1n) is 8.64. The van der Waals surface area contributed by atoms with E-state index in [1.165, 1.54) is 28.8 Å². The number of carbonyl (C=O) groups excluding carboxylic acids is 1. The average Bonchev–Trinajstić information content (AvgIpc) is 3.05. The molecule has 0 saturated carbocycles. The van der Waals surface area contributed by atoms with E-state index in [9.17, 15) is 4.79 Å².